The number of thioether (sulfide) groups is 1. The molecule has 0 bridgehead atoms. The lowest BCUT2D eigenvalue weighted by Gasteiger charge is -2.14. The van der Waals surface area contributed by atoms with Crippen molar-refractivity contribution >= 4 is 107 Å². The topological polar surface area (TPSA) is 41.9 Å². The van der Waals surface area contributed by atoms with E-state index in [9.17, 15) is 4.79 Å². The van der Waals surface area contributed by atoms with Crippen LogP contribution in [0.15, 0.2) is 75.0 Å². The Kier molecular flexibility index (Phi) is 9.59. The van der Waals surface area contributed by atoms with E-state index in [0.717, 1.165) is 40.6 Å². The molecule has 0 spiro atoms. The molecule has 1 heterocycles. The molecule has 4 nitrogen and oxygen atoms in total. The first-order chi connectivity index (χ1) is 16.8. The molecule has 35 heavy (non-hydrogen) atoms. The Morgan fingerprint density at radius 1 is 1.09 bits per heavy atom. The summed E-state index contributed by atoms with van der Waals surface area (Å²) in [5.41, 5.74) is 2.82. The van der Waals surface area contributed by atoms with E-state index in [0.29, 0.717) is 28.2 Å². The zero-order valence-corrected chi connectivity index (χ0v) is 26.1. The van der Waals surface area contributed by atoms with Gasteiger partial charge in [0.25, 0.3) is 5.91 Å². The number of rotatable bonds is 7. The van der Waals surface area contributed by atoms with E-state index in [1.165, 1.54) is 11.8 Å². The molecule has 180 valence electrons. The fourth-order valence-corrected chi connectivity index (χ4v) is 6.87. The number of aliphatic imine (C=N–C) groups is 1. The summed E-state index contributed by atoms with van der Waals surface area (Å²) in [5, 5.41) is 1.34. The van der Waals surface area contributed by atoms with Gasteiger partial charge in [0.15, 0.2) is 5.17 Å². The van der Waals surface area contributed by atoms with Crippen molar-refractivity contribution in [3.8, 4) is 5.75 Å². The van der Waals surface area contributed by atoms with Crippen molar-refractivity contribution in [3.05, 3.63) is 93.3 Å². The first-order valence-corrected chi connectivity index (χ1v) is 14.9. The second-order valence-corrected chi connectivity index (χ2v) is 12.4. The molecule has 3 aromatic rings. The third-order valence-electron chi connectivity index (χ3n) is 5.00. The van der Waals surface area contributed by atoms with Crippen LogP contribution in [0.1, 0.15) is 24.5 Å². The lowest BCUT2D eigenvalue weighted by atomic mass is 10.2. The van der Waals surface area contributed by atoms with E-state index in [1.807, 2.05) is 54.6 Å². The summed E-state index contributed by atoms with van der Waals surface area (Å²) < 4.78 is 9.15. The van der Waals surface area contributed by atoms with Gasteiger partial charge in [-0.2, -0.15) is 0 Å². The number of ether oxygens (including phenoxy) is 1. The molecule has 0 aliphatic carbocycles. The Balaban J connectivity index is 1.56. The van der Waals surface area contributed by atoms with E-state index in [1.54, 1.807) is 17.0 Å². The van der Waals surface area contributed by atoms with Crippen LogP contribution in [-0.4, -0.2) is 22.5 Å². The van der Waals surface area contributed by atoms with Gasteiger partial charge in [-0.15, -0.1) is 0 Å². The van der Waals surface area contributed by atoms with Gasteiger partial charge in [-0.3, -0.25) is 9.69 Å². The van der Waals surface area contributed by atoms with Gasteiger partial charge in [0.1, 0.15) is 12.4 Å². The van der Waals surface area contributed by atoms with E-state index in [2.05, 4.69) is 68.0 Å². The van der Waals surface area contributed by atoms with Crippen molar-refractivity contribution in [1.29, 1.82) is 0 Å². The highest BCUT2D eigenvalue weighted by molar-refractivity contribution is 14.1. The average molecular weight is 794 g/mol. The lowest BCUT2D eigenvalue weighted by molar-refractivity contribution is -0.122. The molecule has 0 saturated carbocycles. The molecule has 0 N–H and O–H groups in total. The van der Waals surface area contributed by atoms with Crippen molar-refractivity contribution in [1.82, 2.24) is 4.90 Å². The molecule has 3 aromatic carbocycles. The molecule has 9 heteroatoms. The van der Waals surface area contributed by atoms with Gasteiger partial charge in [-0.1, -0.05) is 46.6 Å². The lowest BCUT2D eigenvalue weighted by Crippen LogP contribution is -2.29. The SMILES string of the molecule is CCCN1C(=O)/C(=C/c2cc(I)c(OCc3ccc(Br)cc3)c(I)c2)SC1=Nc1ccc(Cl)cc1. The maximum atomic E-state index is 13.2. The molecular weight excluding hydrogens is 774 g/mol. The molecule has 0 atom stereocenters. The largest absolute Gasteiger partial charge is 0.487 e. The van der Waals surface area contributed by atoms with Gasteiger partial charge in [-0.25, -0.2) is 4.99 Å². The van der Waals surface area contributed by atoms with Crippen LogP contribution in [0.5, 0.6) is 5.75 Å². The number of carbonyl (C=O) groups is 1. The zero-order valence-electron chi connectivity index (χ0n) is 18.6. The Morgan fingerprint density at radius 3 is 2.37 bits per heavy atom. The van der Waals surface area contributed by atoms with Gasteiger partial charge < -0.3 is 4.74 Å². The molecule has 1 fully saturated rings. The molecule has 0 unspecified atom stereocenters. The minimum atomic E-state index is -0.0230. The van der Waals surface area contributed by atoms with Gasteiger partial charge in [0, 0.05) is 16.0 Å². The van der Waals surface area contributed by atoms with E-state index < -0.39 is 0 Å². The summed E-state index contributed by atoms with van der Waals surface area (Å²) in [5.74, 6) is 0.824. The van der Waals surface area contributed by atoms with E-state index in [4.69, 9.17) is 21.3 Å². The van der Waals surface area contributed by atoms with Crippen molar-refractivity contribution in [2.75, 3.05) is 6.54 Å². The summed E-state index contributed by atoms with van der Waals surface area (Å²) in [4.78, 5) is 20.3. The Bertz CT molecular complexity index is 1270. The maximum absolute atomic E-state index is 13.2. The molecule has 4 rings (SSSR count). The monoisotopic (exact) mass is 792 g/mol. The minimum absolute atomic E-state index is 0.0230. The second-order valence-electron chi connectivity index (χ2n) is 7.67. The Morgan fingerprint density at radius 2 is 1.74 bits per heavy atom. The van der Waals surface area contributed by atoms with Crippen LogP contribution >= 0.6 is 84.5 Å². The molecule has 1 aliphatic heterocycles. The number of amides is 1. The number of benzene rings is 3. The predicted octanol–water partition coefficient (Wildman–Crippen LogP) is 8.90. The highest BCUT2D eigenvalue weighted by atomic mass is 127. The van der Waals surface area contributed by atoms with E-state index in [-0.39, 0.29) is 5.91 Å². The number of nitrogens with zero attached hydrogens (tertiary/aromatic N) is 2. The quantitative estimate of drug-likeness (QED) is 0.177. The third-order valence-corrected chi connectivity index (χ3v) is 8.39. The minimum Gasteiger partial charge on any atom is -0.487 e. The number of hydrogen-bond acceptors (Lipinski definition) is 4. The first-order valence-electron chi connectivity index (χ1n) is 10.8. The molecule has 0 aromatic heterocycles. The van der Waals surface area contributed by atoms with Crippen molar-refractivity contribution in [2.24, 2.45) is 4.99 Å². The van der Waals surface area contributed by atoms with Crippen LogP contribution < -0.4 is 4.74 Å². The van der Waals surface area contributed by atoms with Crippen LogP contribution in [0.25, 0.3) is 6.08 Å². The molecule has 0 radical (unpaired) electrons. The summed E-state index contributed by atoms with van der Waals surface area (Å²) in [6.07, 6.45) is 2.78. The zero-order chi connectivity index (χ0) is 24.9. The van der Waals surface area contributed by atoms with Crippen LogP contribution in [0.4, 0.5) is 5.69 Å². The van der Waals surface area contributed by atoms with Crippen LogP contribution in [0, 0.1) is 7.14 Å². The van der Waals surface area contributed by atoms with Crippen molar-refractivity contribution in [2.45, 2.75) is 20.0 Å². The summed E-state index contributed by atoms with van der Waals surface area (Å²) in [7, 11) is 0. The summed E-state index contributed by atoms with van der Waals surface area (Å²) in [6, 6.07) is 19.5. The first kappa shape index (κ1) is 27.0. The van der Waals surface area contributed by atoms with Crippen molar-refractivity contribution < 1.29 is 9.53 Å². The van der Waals surface area contributed by atoms with Crippen LogP contribution in [0.2, 0.25) is 5.02 Å². The fourth-order valence-electron chi connectivity index (χ4n) is 3.33. The van der Waals surface area contributed by atoms with Gasteiger partial charge in [-0.05, 0) is 129 Å². The number of halogens is 4. The van der Waals surface area contributed by atoms with Crippen molar-refractivity contribution in [3.63, 3.8) is 0 Å². The van der Waals surface area contributed by atoms with Gasteiger partial charge in [0.05, 0.1) is 17.7 Å². The highest BCUT2D eigenvalue weighted by Crippen LogP contribution is 2.36. The van der Waals surface area contributed by atoms with Crippen LogP contribution in [0.3, 0.4) is 0 Å². The highest BCUT2D eigenvalue weighted by Gasteiger charge is 2.32. The maximum Gasteiger partial charge on any atom is 0.266 e. The van der Waals surface area contributed by atoms with Gasteiger partial charge in [0.2, 0.25) is 0 Å². The second kappa shape index (κ2) is 12.4. The normalized spacial score (nSPS) is 15.9. The fraction of sp³-hybridized carbons (Fsp3) is 0.154. The Hall–Kier alpha value is -1.08. The Labute approximate surface area is 250 Å². The van der Waals surface area contributed by atoms with Crippen LogP contribution in [-0.2, 0) is 11.4 Å². The molecule has 1 saturated heterocycles. The van der Waals surface area contributed by atoms with E-state index >= 15 is 0 Å². The third kappa shape index (κ3) is 7.03. The number of hydrogen-bond donors (Lipinski definition) is 0. The number of carbonyl (C=O) groups excluding carboxylic acids is 1. The average Bonchev–Trinajstić information content (AvgIpc) is 3.10. The summed E-state index contributed by atoms with van der Waals surface area (Å²) >= 11 is 15.4. The smallest absolute Gasteiger partial charge is 0.266 e. The standard InChI is InChI=1S/C26H20BrClI2N2O2S/c1-2-11-32-25(33)23(35-26(32)31-20-9-7-19(28)8-10-20)14-17-12-21(29)24(22(30)13-17)34-15-16-3-5-18(27)6-4-16/h3-10,12-14H,2,11,15H2,1H3/b23-14-,31-26?. The molecule has 1 aliphatic rings. The predicted molar refractivity (Wildman–Crippen MR) is 166 cm³/mol. The molecule has 1 amide bonds. The van der Waals surface area contributed by atoms with Gasteiger partial charge >= 0.3 is 0 Å². The molecular formula is C26H20BrClI2N2O2S. The summed E-state index contributed by atoms with van der Waals surface area (Å²) in [6.45, 7) is 3.16. The number of amidine groups is 1.